The minimum Gasteiger partial charge on any atom is -0.368 e. The van der Waals surface area contributed by atoms with Crippen LogP contribution in [0.25, 0.3) is 0 Å². The Morgan fingerprint density at radius 1 is 1.00 bits per heavy atom. The first-order valence-corrected chi connectivity index (χ1v) is 8.15. The summed E-state index contributed by atoms with van der Waals surface area (Å²) in [5.74, 6) is -0.327. The van der Waals surface area contributed by atoms with E-state index in [-0.39, 0.29) is 5.91 Å². The maximum Gasteiger partial charge on any atom is 0.237 e. The highest BCUT2D eigenvalue weighted by Gasteiger charge is 2.44. The molecule has 0 aromatic rings. The van der Waals surface area contributed by atoms with Crippen molar-refractivity contribution >= 4 is 5.91 Å². The van der Waals surface area contributed by atoms with Crippen molar-refractivity contribution in [3.63, 3.8) is 0 Å². The second-order valence-corrected chi connectivity index (χ2v) is 6.95. The van der Waals surface area contributed by atoms with Gasteiger partial charge in [-0.3, -0.25) is 14.6 Å². The number of amides is 1. The van der Waals surface area contributed by atoms with Crippen LogP contribution in [0.5, 0.6) is 0 Å². The molecule has 4 N–H and O–H groups in total. The number of piperidine rings is 1. The Labute approximate surface area is 121 Å². The van der Waals surface area contributed by atoms with E-state index in [9.17, 15) is 4.79 Å². The number of hydrogen-bond acceptors (Lipinski definition) is 4. The summed E-state index contributed by atoms with van der Waals surface area (Å²) in [5.41, 5.74) is 10.8. The fraction of sp³-hybridized carbons (Fsp3) is 0.933. The molecule has 1 saturated carbocycles. The van der Waals surface area contributed by atoms with E-state index in [1.165, 1.54) is 38.8 Å². The molecule has 0 spiro atoms. The summed E-state index contributed by atoms with van der Waals surface area (Å²) in [4.78, 5) is 16.7. The number of primary amides is 1. The molecule has 5 nitrogen and oxygen atoms in total. The van der Waals surface area contributed by atoms with Crippen LogP contribution in [0.3, 0.4) is 0 Å². The van der Waals surface area contributed by atoms with Crippen LogP contribution in [0.4, 0.5) is 0 Å². The molecule has 3 fully saturated rings. The van der Waals surface area contributed by atoms with Crippen LogP contribution in [0, 0.1) is 0 Å². The number of nitrogens with two attached hydrogens (primary N) is 2. The van der Waals surface area contributed by atoms with Crippen LogP contribution in [0.15, 0.2) is 0 Å². The molecule has 5 heteroatoms. The van der Waals surface area contributed by atoms with E-state index in [0.29, 0.717) is 6.04 Å². The molecule has 2 saturated heterocycles. The smallest absolute Gasteiger partial charge is 0.237 e. The van der Waals surface area contributed by atoms with Gasteiger partial charge in [-0.25, -0.2) is 0 Å². The van der Waals surface area contributed by atoms with Crippen LogP contribution in [-0.2, 0) is 4.79 Å². The number of hydrogen-bond donors (Lipinski definition) is 2. The van der Waals surface area contributed by atoms with E-state index >= 15 is 0 Å². The van der Waals surface area contributed by atoms with Crippen LogP contribution in [0.2, 0.25) is 0 Å². The van der Waals surface area contributed by atoms with Gasteiger partial charge < -0.3 is 11.5 Å². The van der Waals surface area contributed by atoms with E-state index in [0.717, 1.165) is 38.4 Å². The molecule has 2 heterocycles. The lowest BCUT2D eigenvalue weighted by Crippen LogP contribution is -2.51. The van der Waals surface area contributed by atoms with Gasteiger partial charge in [-0.1, -0.05) is 6.42 Å². The minimum atomic E-state index is -0.756. The highest BCUT2D eigenvalue weighted by atomic mass is 16.1. The molecule has 20 heavy (non-hydrogen) atoms. The molecule has 0 radical (unpaired) electrons. The first-order chi connectivity index (χ1) is 9.58. The summed E-state index contributed by atoms with van der Waals surface area (Å²) in [7, 11) is 0. The summed E-state index contributed by atoms with van der Waals surface area (Å²) in [5, 5.41) is 0. The Morgan fingerprint density at radius 3 is 2.40 bits per heavy atom. The highest BCUT2D eigenvalue weighted by molar-refractivity contribution is 5.84. The molecule has 3 atom stereocenters. The van der Waals surface area contributed by atoms with Gasteiger partial charge >= 0.3 is 0 Å². The normalized spacial score (nSPS) is 40.2. The van der Waals surface area contributed by atoms with E-state index in [4.69, 9.17) is 11.5 Å². The first kappa shape index (κ1) is 14.3. The zero-order valence-electron chi connectivity index (χ0n) is 12.4. The molecule has 3 aliphatic rings. The summed E-state index contributed by atoms with van der Waals surface area (Å²) in [6.45, 7) is 4.84. The zero-order chi connectivity index (χ0) is 14.2. The third-order valence-corrected chi connectivity index (χ3v) is 5.63. The second-order valence-electron chi connectivity index (χ2n) is 6.95. The van der Waals surface area contributed by atoms with Crippen molar-refractivity contribution in [2.45, 2.75) is 62.6 Å². The Hall–Kier alpha value is -0.650. The maximum absolute atomic E-state index is 11.5. The third kappa shape index (κ3) is 2.71. The molecular weight excluding hydrogens is 252 g/mol. The molecule has 3 rings (SSSR count). The average Bonchev–Trinajstić information content (AvgIpc) is 3.07. The quantitative estimate of drug-likeness (QED) is 0.779. The molecule has 114 valence electrons. The fourth-order valence-electron chi connectivity index (χ4n) is 4.27. The van der Waals surface area contributed by atoms with Crippen molar-refractivity contribution < 1.29 is 4.79 Å². The summed E-state index contributed by atoms with van der Waals surface area (Å²) in [6.07, 6.45) is 7.88. The van der Waals surface area contributed by atoms with E-state index in [2.05, 4.69) is 9.80 Å². The zero-order valence-corrected chi connectivity index (χ0v) is 12.4. The lowest BCUT2D eigenvalue weighted by atomic mass is 9.98. The molecule has 2 aliphatic heterocycles. The monoisotopic (exact) mass is 280 g/mol. The Bertz CT molecular complexity index is 369. The lowest BCUT2D eigenvalue weighted by Gasteiger charge is -2.33. The largest absolute Gasteiger partial charge is 0.368 e. The fourth-order valence-corrected chi connectivity index (χ4v) is 4.27. The van der Waals surface area contributed by atoms with Gasteiger partial charge in [0.2, 0.25) is 5.91 Å². The van der Waals surface area contributed by atoms with Crippen molar-refractivity contribution in [2.24, 2.45) is 11.5 Å². The van der Waals surface area contributed by atoms with Crippen LogP contribution >= 0.6 is 0 Å². The molecule has 1 aliphatic carbocycles. The predicted molar refractivity (Wildman–Crippen MR) is 79.2 cm³/mol. The number of carbonyl (C=O) groups excluding carboxylic acids is 1. The van der Waals surface area contributed by atoms with E-state index in [1.54, 1.807) is 0 Å². The third-order valence-electron chi connectivity index (χ3n) is 5.63. The predicted octanol–water partition coefficient (Wildman–Crippen LogP) is 0.282. The topological polar surface area (TPSA) is 75.6 Å². The van der Waals surface area contributed by atoms with Gasteiger partial charge in [0.05, 0.1) is 5.54 Å². The number of carbonyl (C=O) groups is 1. The Kier molecular flexibility index (Phi) is 4.02. The molecule has 1 amide bonds. The van der Waals surface area contributed by atoms with Crippen molar-refractivity contribution in [2.75, 3.05) is 26.2 Å². The van der Waals surface area contributed by atoms with Gasteiger partial charge in [0.1, 0.15) is 0 Å². The van der Waals surface area contributed by atoms with E-state index in [1.807, 2.05) is 0 Å². The molecular formula is C15H28N4O. The Balaban J connectivity index is 1.54. The molecule has 0 aromatic heterocycles. The molecule has 3 unspecified atom stereocenters. The van der Waals surface area contributed by atoms with Crippen molar-refractivity contribution in [3.8, 4) is 0 Å². The summed E-state index contributed by atoms with van der Waals surface area (Å²) >= 11 is 0. The lowest BCUT2D eigenvalue weighted by molar-refractivity contribution is -0.123. The number of likely N-dealkylation sites (tertiary alicyclic amines) is 2. The molecule has 0 bridgehead atoms. The van der Waals surface area contributed by atoms with Crippen molar-refractivity contribution in [3.05, 3.63) is 0 Å². The Morgan fingerprint density at radius 2 is 1.75 bits per heavy atom. The van der Waals surface area contributed by atoms with Crippen molar-refractivity contribution in [1.29, 1.82) is 0 Å². The average molecular weight is 280 g/mol. The number of rotatable bonds is 3. The van der Waals surface area contributed by atoms with Gasteiger partial charge in [-0.05, 0) is 51.6 Å². The van der Waals surface area contributed by atoms with Gasteiger partial charge in [-0.15, -0.1) is 0 Å². The van der Waals surface area contributed by atoms with Crippen LogP contribution in [-0.4, -0.2) is 59.5 Å². The first-order valence-electron chi connectivity index (χ1n) is 8.15. The standard InChI is InChI=1S/C15H28N4O/c16-14(20)15(17)6-4-12(10-15)19-9-5-13(11-19)18-7-2-1-3-8-18/h12-13H,1-11,17H2,(H2,16,20). The highest BCUT2D eigenvalue weighted by Crippen LogP contribution is 2.33. The SMILES string of the molecule is NC(=O)C1(N)CCC(N2CCC(N3CCCCC3)C2)C1. The van der Waals surface area contributed by atoms with Gasteiger partial charge in [0, 0.05) is 25.2 Å². The molecule has 0 aromatic carbocycles. The summed E-state index contributed by atoms with van der Waals surface area (Å²) < 4.78 is 0. The minimum absolute atomic E-state index is 0.327. The van der Waals surface area contributed by atoms with Gasteiger partial charge in [0.25, 0.3) is 0 Å². The van der Waals surface area contributed by atoms with Gasteiger partial charge in [-0.2, -0.15) is 0 Å². The van der Waals surface area contributed by atoms with Crippen molar-refractivity contribution in [1.82, 2.24) is 9.80 Å². The summed E-state index contributed by atoms with van der Waals surface area (Å²) in [6, 6.07) is 1.18. The maximum atomic E-state index is 11.5. The number of nitrogens with zero attached hydrogens (tertiary/aromatic N) is 2. The second kappa shape index (κ2) is 5.62. The van der Waals surface area contributed by atoms with Gasteiger partial charge in [0.15, 0.2) is 0 Å². The van der Waals surface area contributed by atoms with Crippen LogP contribution < -0.4 is 11.5 Å². The van der Waals surface area contributed by atoms with E-state index < -0.39 is 5.54 Å². The van der Waals surface area contributed by atoms with Crippen LogP contribution in [0.1, 0.15) is 44.9 Å².